The van der Waals surface area contributed by atoms with Crippen LogP contribution in [-0.4, -0.2) is 24.0 Å². The highest BCUT2D eigenvalue weighted by atomic mass is 32.2. The summed E-state index contributed by atoms with van der Waals surface area (Å²) in [6, 6.07) is 8.93. The Hall–Kier alpha value is -0.510. The molecule has 0 fully saturated rings. The van der Waals surface area contributed by atoms with Gasteiger partial charge in [-0.05, 0) is 31.2 Å². The molecule has 2 N–H and O–H groups in total. The normalized spacial score (nSPS) is 12.7. The van der Waals surface area contributed by atoms with Crippen LogP contribution in [0.15, 0.2) is 29.2 Å². The van der Waals surface area contributed by atoms with E-state index in [0.717, 1.165) is 12.3 Å². The quantitative estimate of drug-likeness (QED) is 0.729. The fourth-order valence-corrected chi connectivity index (χ4v) is 2.10. The number of aliphatic hydroxyl groups is 1. The third-order valence-electron chi connectivity index (χ3n) is 2.25. The van der Waals surface area contributed by atoms with Crippen LogP contribution >= 0.6 is 11.8 Å². The van der Waals surface area contributed by atoms with Crippen molar-refractivity contribution in [2.45, 2.75) is 24.8 Å². The van der Waals surface area contributed by atoms with Gasteiger partial charge in [-0.1, -0.05) is 19.1 Å². The predicted molar refractivity (Wildman–Crippen MR) is 66.3 cm³/mol. The molecule has 0 amide bonds. The smallest absolute Gasteiger partial charge is 0.0525 e. The first kappa shape index (κ1) is 12.6. The first-order valence-corrected chi connectivity index (χ1v) is 6.33. The van der Waals surface area contributed by atoms with Crippen LogP contribution in [0.25, 0.3) is 0 Å². The molecule has 0 aliphatic carbocycles. The molecule has 0 radical (unpaired) electrons. The second kappa shape index (κ2) is 6.88. The van der Waals surface area contributed by atoms with Gasteiger partial charge in [0.15, 0.2) is 0 Å². The van der Waals surface area contributed by atoms with E-state index in [-0.39, 0.29) is 6.61 Å². The maximum absolute atomic E-state index is 8.71. The van der Waals surface area contributed by atoms with E-state index in [0.29, 0.717) is 6.04 Å². The Labute approximate surface area is 96.1 Å². The topological polar surface area (TPSA) is 32.3 Å². The Balaban J connectivity index is 2.55. The average molecular weight is 225 g/mol. The maximum atomic E-state index is 8.71. The molecule has 2 nitrogen and oxygen atoms in total. The van der Waals surface area contributed by atoms with E-state index in [1.165, 1.54) is 10.5 Å². The van der Waals surface area contributed by atoms with E-state index >= 15 is 0 Å². The third kappa shape index (κ3) is 4.24. The Morgan fingerprint density at radius 2 is 2.00 bits per heavy atom. The average Bonchev–Trinajstić information content (AvgIpc) is 2.27. The van der Waals surface area contributed by atoms with Crippen LogP contribution in [0, 0.1) is 0 Å². The summed E-state index contributed by atoms with van der Waals surface area (Å²) in [5, 5.41) is 12.1. The molecule has 1 aromatic carbocycles. The van der Waals surface area contributed by atoms with Crippen molar-refractivity contribution in [3.63, 3.8) is 0 Å². The van der Waals surface area contributed by atoms with Crippen molar-refractivity contribution < 1.29 is 5.11 Å². The van der Waals surface area contributed by atoms with Gasteiger partial charge in [-0.15, -0.1) is 11.8 Å². The van der Waals surface area contributed by atoms with Crippen LogP contribution in [0.1, 0.15) is 25.5 Å². The lowest BCUT2D eigenvalue weighted by molar-refractivity contribution is 0.322. The number of rotatable bonds is 6. The van der Waals surface area contributed by atoms with Crippen molar-refractivity contribution in [1.29, 1.82) is 0 Å². The van der Waals surface area contributed by atoms with Gasteiger partial charge in [-0.25, -0.2) is 0 Å². The van der Waals surface area contributed by atoms with Crippen molar-refractivity contribution in [1.82, 2.24) is 5.32 Å². The molecule has 1 unspecified atom stereocenters. The van der Waals surface area contributed by atoms with Crippen molar-refractivity contribution in [3.05, 3.63) is 29.8 Å². The van der Waals surface area contributed by atoms with Crippen LogP contribution in [0.3, 0.4) is 0 Å². The molecule has 0 saturated heterocycles. The fourth-order valence-electron chi connectivity index (χ4n) is 1.44. The van der Waals surface area contributed by atoms with E-state index in [1.807, 2.05) is 0 Å². The summed E-state index contributed by atoms with van der Waals surface area (Å²) in [6.07, 6.45) is 0. The van der Waals surface area contributed by atoms with E-state index < -0.39 is 0 Å². The minimum Gasteiger partial charge on any atom is -0.396 e. The molecule has 1 rings (SSSR count). The summed E-state index contributed by atoms with van der Waals surface area (Å²) in [4.78, 5) is 1.22. The second-order valence-corrected chi connectivity index (χ2v) is 4.59. The molecular weight excluding hydrogens is 206 g/mol. The number of thioether (sulfide) groups is 1. The Morgan fingerprint density at radius 1 is 1.33 bits per heavy atom. The van der Waals surface area contributed by atoms with Gasteiger partial charge < -0.3 is 10.4 Å². The lowest BCUT2D eigenvalue weighted by Gasteiger charge is -2.12. The van der Waals surface area contributed by atoms with E-state index in [2.05, 4.69) is 43.4 Å². The Morgan fingerprint density at radius 3 is 2.53 bits per heavy atom. The molecule has 0 bridgehead atoms. The number of hydrogen-bond acceptors (Lipinski definition) is 3. The summed E-state index contributed by atoms with van der Waals surface area (Å²) in [5.41, 5.74) is 1.31. The predicted octanol–water partition coefficient (Wildman–Crippen LogP) is 2.44. The number of nitrogens with one attached hydrogen (secondary N) is 1. The molecule has 1 aromatic rings. The Kier molecular flexibility index (Phi) is 5.76. The summed E-state index contributed by atoms with van der Waals surface area (Å²) < 4.78 is 0. The zero-order valence-electron chi connectivity index (χ0n) is 9.36. The van der Waals surface area contributed by atoms with E-state index in [9.17, 15) is 0 Å². The highest BCUT2D eigenvalue weighted by Crippen LogP contribution is 2.20. The van der Waals surface area contributed by atoms with Gasteiger partial charge in [0.2, 0.25) is 0 Å². The molecule has 15 heavy (non-hydrogen) atoms. The standard InChI is InChI=1S/C12H19NOS/c1-3-13-10(2)11-4-6-12(7-5-11)15-9-8-14/h4-7,10,13-14H,3,8-9H2,1-2H3. The first-order valence-electron chi connectivity index (χ1n) is 5.35. The first-order chi connectivity index (χ1) is 7.27. The van der Waals surface area contributed by atoms with Crippen LogP contribution in [0.4, 0.5) is 0 Å². The van der Waals surface area contributed by atoms with Gasteiger partial charge in [-0.3, -0.25) is 0 Å². The van der Waals surface area contributed by atoms with E-state index in [1.54, 1.807) is 11.8 Å². The SMILES string of the molecule is CCNC(C)c1ccc(SCCO)cc1. The van der Waals surface area contributed by atoms with Gasteiger partial charge in [-0.2, -0.15) is 0 Å². The minimum atomic E-state index is 0.236. The van der Waals surface area contributed by atoms with Crippen LogP contribution < -0.4 is 5.32 Å². The monoisotopic (exact) mass is 225 g/mol. The van der Waals surface area contributed by atoms with E-state index in [4.69, 9.17) is 5.11 Å². The van der Waals surface area contributed by atoms with Crippen LogP contribution in [0.2, 0.25) is 0 Å². The van der Waals surface area contributed by atoms with Crippen molar-refractivity contribution in [2.75, 3.05) is 18.9 Å². The highest BCUT2D eigenvalue weighted by molar-refractivity contribution is 7.99. The van der Waals surface area contributed by atoms with Crippen molar-refractivity contribution >= 4 is 11.8 Å². The number of benzene rings is 1. The summed E-state index contributed by atoms with van der Waals surface area (Å²) >= 11 is 1.68. The molecule has 0 aliphatic heterocycles. The molecule has 3 heteroatoms. The molecule has 0 saturated carbocycles. The molecule has 0 aliphatic rings. The zero-order chi connectivity index (χ0) is 11.1. The highest BCUT2D eigenvalue weighted by Gasteiger charge is 2.02. The molecule has 0 aromatic heterocycles. The molecular formula is C12H19NOS. The largest absolute Gasteiger partial charge is 0.396 e. The molecule has 84 valence electrons. The van der Waals surface area contributed by atoms with Crippen LogP contribution in [0.5, 0.6) is 0 Å². The van der Waals surface area contributed by atoms with Gasteiger partial charge in [0.25, 0.3) is 0 Å². The zero-order valence-corrected chi connectivity index (χ0v) is 10.2. The van der Waals surface area contributed by atoms with Gasteiger partial charge in [0.1, 0.15) is 0 Å². The molecule has 1 atom stereocenters. The van der Waals surface area contributed by atoms with Crippen molar-refractivity contribution in [3.8, 4) is 0 Å². The minimum absolute atomic E-state index is 0.236. The second-order valence-electron chi connectivity index (χ2n) is 3.42. The third-order valence-corrected chi connectivity index (χ3v) is 3.24. The lowest BCUT2D eigenvalue weighted by atomic mass is 10.1. The number of aliphatic hydroxyl groups excluding tert-OH is 1. The number of hydrogen-bond donors (Lipinski definition) is 2. The van der Waals surface area contributed by atoms with Crippen LogP contribution in [-0.2, 0) is 0 Å². The Bertz CT molecular complexity index is 273. The molecule has 0 spiro atoms. The fraction of sp³-hybridized carbons (Fsp3) is 0.500. The van der Waals surface area contributed by atoms with Gasteiger partial charge in [0.05, 0.1) is 6.61 Å². The summed E-state index contributed by atoms with van der Waals surface area (Å²) in [6.45, 7) is 5.50. The van der Waals surface area contributed by atoms with Crippen molar-refractivity contribution in [2.24, 2.45) is 0 Å². The lowest BCUT2D eigenvalue weighted by Crippen LogP contribution is -2.17. The van der Waals surface area contributed by atoms with Gasteiger partial charge >= 0.3 is 0 Å². The summed E-state index contributed by atoms with van der Waals surface area (Å²) in [5.74, 6) is 0.766. The van der Waals surface area contributed by atoms with Gasteiger partial charge in [0, 0.05) is 16.7 Å². The maximum Gasteiger partial charge on any atom is 0.0525 e. The molecule has 0 heterocycles. The summed E-state index contributed by atoms with van der Waals surface area (Å²) in [7, 11) is 0.